The Kier molecular flexibility index (Phi) is 3.35. The number of aryl methyl sites for hydroxylation is 1. The van der Waals surface area contributed by atoms with Crippen molar-refractivity contribution < 1.29 is 22.7 Å². The number of esters is 1. The second-order valence-corrected chi connectivity index (χ2v) is 5.47. The molecule has 0 bridgehead atoms. The van der Waals surface area contributed by atoms with Crippen molar-refractivity contribution in [3.05, 3.63) is 65.2 Å². The normalized spacial score (nSPS) is 20.9. The molecule has 3 nitrogen and oxygen atoms in total. The van der Waals surface area contributed by atoms with Gasteiger partial charge in [-0.05, 0) is 19.1 Å². The van der Waals surface area contributed by atoms with Crippen LogP contribution in [-0.2, 0) is 10.5 Å². The lowest BCUT2D eigenvalue weighted by atomic mass is 9.95. The number of carbonyl (C=O) groups excluding carboxylic acids is 1. The summed E-state index contributed by atoms with van der Waals surface area (Å²) in [6.45, 7) is 1.77. The van der Waals surface area contributed by atoms with Gasteiger partial charge in [0.25, 0.3) is 0 Å². The average Bonchev–Trinajstić information content (AvgIpc) is 2.51. The number of benzene rings is 2. The minimum absolute atomic E-state index is 0.113. The summed E-state index contributed by atoms with van der Waals surface area (Å²) >= 11 is 0. The molecule has 0 aromatic heterocycles. The molecule has 0 unspecified atom stereocenters. The van der Waals surface area contributed by atoms with Gasteiger partial charge in [0.15, 0.2) is 0 Å². The second-order valence-electron chi connectivity index (χ2n) is 5.47. The molecule has 0 amide bonds. The third kappa shape index (κ3) is 2.17. The van der Waals surface area contributed by atoms with Crippen LogP contribution in [0, 0.1) is 6.92 Å². The smallest absolute Gasteiger partial charge is 0.421 e. The standard InChI is InChI=1S/C17H14F3NO2/c1-11-7-9-12(10-8-11)16(17(18,19)20)21(2)14-6-4-3-5-13(14)15(22)23-16/h3-10H,1-2H3/t16-/m0/s1. The van der Waals surface area contributed by atoms with Crippen LogP contribution in [-0.4, -0.2) is 19.2 Å². The third-order valence-corrected chi connectivity index (χ3v) is 4.03. The number of hydrogen-bond donors (Lipinski definition) is 0. The van der Waals surface area contributed by atoms with E-state index in [-0.39, 0.29) is 16.8 Å². The van der Waals surface area contributed by atoms with Crippen LogP contribution in [0.5, 0.6) is 0 Å². The number of anilines is 1. The summed E-state index contributed by atoms with van der Waals surface area (Å²) < 4.78 is 46.9. The molecule has 2 aromatic carbocycles. The maximum Gasteiger partial charge on any atom is 0.453 e. The fourth-order valence-electron chi connectivity index (χ4n) is 2.81. The van der Waals surface area contributed by atoms with Crippen molar-refractivity contribution in [2.24, 2.45) is 0 Å². The molecule has 0 radical (unpaired) electrons. The van der Waals surface area contributed by atoms with E-state index in [1.165, 1.54) is 31.3 Å². The predicted molar refractivity (Wildman–Crippen MR) is 79.2 cm³/mol. The summed E-state index contributed by atoms with van der Waals surface area (Å²) in [6.07, 6.45) is -4.81. The Balaban J connectivity index is 2.26. The first kappa shape index (κ1) is 15.4. The molecule has 6 heteroatoms. The van der Waals surface area contributed by atoms with Gasteiger partial charge in [0, 0.05) is 12.6 Å². The number of carbonyl (C=O) groups is 1. The highest BCUT2D eigenvalue weighted by Crippen LogP contribution is 2.49. The van der Waals surface area contributed by atoms with Crippen LogP contribution in [0.3, 0.4) is 0 Å². The Morgan fingerprint density at radius 1 is 1.04 bits per heavy atom. The number of para-hydroxylation sites is 1. The maximum absolute atomic E-state index is 14.0. The average molecular weight is 321 g/mol. The van der Waals surface area contributed by atoms with E-state index in [0.29, 0.717) is 0 Å². The lowest BCUT2D eigenvalue weighted by molar-refractivity contribution is -0.265. The van der Waals surface area contributed by atoms with Crippen LogP contribution >= 0.6 is 0 Å². The SMILES string of the molecule is Cc1ccc([C@@]2(C(F)(F)F)OC(=O)c3ccccc3N2C)cc1. The third-order valence-electron chi connectivity index (χ3n) is 4.03. The number of halogens is 3. The lowest BCUT2D eigenvalue weighted by Gasteiger charge is -2.46. The van der Waals surface area contributed by atoms with Crippen LogP contribution < -0.4 is 4.90 Å². The molecule has 1 atom stereocenters. The van der Waals surface area contributed by atoms with Crippen LogP contribution in [0.4, 0.5) is 18.9 Å². The number of hydrogen-bond acceptors (Lipinski definition) is 3. The Labute approximate surface area is 131 Å². The Hall–Kier alpha value is -2.50. The van der Waals surface area contributed by atoms with Gasteiger partial charge in [-0.2, -0.15) is 13.2 Å². The molecular weight excluding hydrogens is 307 g/mol. The van der Waals surface area contributed by atoms with Crippen molar-refractivity contribution in [2.75, 3.05) is 11.9 Å². The quantitative estimate of drug-likeness (QED) is 0.743. The van der Waals surface area contributed by atoms with Crippen molar-refractivity contribution in [2.45, 2.75) is 18.8 Å². The van der Waals surface area contributed by atoms with Crippen LogP contribution in [0.25, 0.3) is 0 Å². The van der Waals surface area contributed by atoms with Gasteiger partial charge in [-0.15, -0.1) is 0 Å². The van der Waals surface area contributed by atoms with E-state index in [2.05, 4.69) is 0 Å². The van der Waals surface area contributed by atoms with Gasteiger partial charge in [0.1, 0.15) is 0 Å². The molecule has 3 rings (SSSR count). The highest BCUT2D eigenvalue weighted by Gasteiger charge is 2.65. The topological polar surface area (TPSA) is 29.5 Å². The summed E-state index contributed by atoms with van der Waals surface area (Å²) in [5.74, 6) is -0.989. The summed E-state index contributed by atoms with van der Waals surface area (Å²) in [4.78, 5) is 13.2. The number of rotatable bonds is 1. The molecule has 2 aromatic rings. The molecule has 23 heavy (non-hydrogen) atoms. The largest absolute Gasteiger partial charge is 0.453 e. The highest BCUT2D eigenvalue weighted by molar-refractivity contribution is 5.98. The van der Waals surface area contributed by atoms with Gasteiger partial charge >= 0.3 is 17.9 Å². The molecule has 1 aliphatic heterocycles. The minimum Gasteiger partial charge on any atom is -0.421 e. The lowest BCUT2D eigenvalue weighted by Crippen LogP contribution is -2.60. The van der Waals surface area contributed by atoms with Crippen molar-refractivity contribution >= 4 is 11.7 Å². The van der Waals surface area contributed by atoms with E-state index < -0.39 is 17.9 Å². The minimum atomic E-state index is -4.81. The number of alkyl halides is 3. The summed E-state index contributed by atoms with van der Waals surface area (Å²) in [6, 6.07) is 11.9. The zero-order chi connectivity index (χ0) is 16.8. The molecule has 1 aliphatic rings. The summed E-state index contributed by atoms with van der Waals surface area (Å²) in [7, 11) is 1.28. The van der Waals surface area contributed by atoms with Crippen LogP contribution in [0.2, 0.25) is 0 Å². The van der Waals surface area contributed by atoms with E-state index in [4.69, 9.17) is 4.74 Å². The fourth-order valence-corrected chi connectivity index (χ4v) is 2.81. The van der Waals surface area contributed by atoms with Gasteiger partial charge in [0.2, 0.25) is 0 Å². The first-order chi connectivity index (χ1) is 10.8. The fraction of sp³-hybridized carbons (Fsp3) is 0.235. The predicted octanol–water partition coefficient (Wildman–Crippen LogP) is 4.02. The monoisotopic (exact) mass is 321 g/mol. The Morgan fingerprint density at radius 3 is 2.26 bits per heavy atom. The number of nitrogens with zero attached hydrogens (tertiary/aromatic N) is 1. The number of fused-ring (bicyclic) bond motifs is 1. The molecule has 120 valence electrons. The van der Waals surface area contributed by atoms with E-state index in [1.807, 2.05) is 0 Å². The molecular formula is C17H14F3NO2. The van der Waals surface area contributed by atoms with Crippen LogP contribution in [0.15, 0.2) is 48.5 Å². The van der Waals surface area contributed by atoms with Crippen molar-refractivity contribution in [1.29, 1.82) is 0 Å². The van der Waals surface area contributed by atoms with E-state index in [9.17, 15) is 18.0 Å². The molecule has 0 saturated heterocycles. The van der Waals surface area contributed by atoms with Crippen molar-refractivity contribution in [3.8, 4) is 0 Å². The summed E-state index contributed by atoms with van der Waals surface area (Å²) in [5, 5.41) is 0. The second kappa shape index (κ2) is 5.01. The van der Waals surface area contributed by atoms with Crippen molar-refractivity contribution in [3.63, 3.8) is 0 Å². The molecule has 1 heterocycles. The van der Waals surface area contributed by atoms with Crippen molar-refractivity contribution in [1.82, 2.24) is 0 Å². The zero-order valence-corrected chi connectivity index (χ0v) is 12.5. The molecule has 0 fully saturated rings. The molecule has 0 N–H and O–H groups in total. The highest BCUT2D eigenvalue weighted by atomic mass is 19.4. The Bertz CT molecular complexity index is 755. The van der Waals surface area contributed by atoms with E-state index in [0.717, 1.165) is 10.5 Å². The van der Waals surface area contributed by atoms with Gasteiger partial charge in [-0.3, -0.25) is 0 Å². The maximum atomic E-state index is 14.0. The van der Waals surface area contributed by atoms with Gasteiger partial charge in [-0.25, -0.2) is 4.79 Å². The Morgan fingerprint density at radius 2 is 1.65 bits per heavy atom. The van der Waals surface area contributed by atoms with Gasteiger partial charge in [0.05, 0.1) is 11.3 Å². The molecule has 0 aliphatic carbocycles. The number of ether oxygens (including phenoxy) is 1. The first-order valence-corrected chi connectivity index (χ1v) is 6.97. The van der Waals surface area contributed by atoms with E-state index >= 15 is 0 Å². The zero-order valence-electron chi connectivity index (χ0n) is 12.5. The summed E-state index contributed by atoms with van der Waals surface area (Å²) in [5.41, 5.74) is -1.87. The molecule has 0 spiro atoms. The van der Waals surface area contributed by atoms with Crippen LogP contribution in [0.1, 0.15) is 21.5 Å². The number of cyclic esters (lactones) is 1. The first-order valence-electron chi connectivity index (χ1n) is 6.97. The van der Waals surface area contributed by atoms with E-state index in [1.54, 1.807) is 31.2 Å². The van der Waals surface area contributed by atoms with Gasteiger partial charge in [-0.1, -0.05) is 42.0 Å². The van der Waals surface area contributed by atoms with Gasteiger partial charge < -0.3 is 9.64 Å². The molecule has 0 saturated carbocycles.